The van der Waals surface area contributed by atoms with Gasteiger partial charge in [0.2, 0.25) is 0 Å². The van der Waals surface area contributed by atoms with E-state index in [4.69, 9.17) is 11.1 Å². The average molecular weight is 210 g/mol. The lowest BCUT2D eigenvalue weighted by atomic mass is 10.2. The van der Waals surface area contributed by atoms with Crippen molar-refractivity contribution in [2.45, 2.75) is 19.4 Å². The summed E-state index contributed by atoms with van der Waals surface area (Å²) in [5, 5.41) is 0. The molecule has 0 aromatic heterocycles. The largest absolute Gasteiger partial charge is 0.192 e. The first kappa shape index (κ1) is 10.5. The molecule has 0 atom stereocenters. The minimum atomic E-state index is -0.746. The van der Waals surface area contributed by atoms with E-state index in [1.165, 1.54) is 12.0 Å². The highest BCUT2D eigenvalue weighted by Gasteiger charge is 1.99. The summed E-state index contributed by atoms with van der Waals surface area (Å²) in [5.74, 6) is 0. The number of hydrogen-bond donors (Lipinski definition) is 0. The summed E-state index contributed by atoms with van der Waals surface area (Å²) in [5.41, 5.74) is 3.40. The molecular weight excluding hydrogens is 196 g/mol. The van der Waals surface area contributed by atoms with Crippen molar-refractivity contribution in [2.24, 2.45) is 0 Å². The van der Waals surface area contributed by atoms with Crippen LogP contribution < -0.4 is 0 Å². The van der Waals surface area contributed by atoms with Gasteiger partial charge >= 0.3 is 0 Å². The van der Waals surface area contributed by atoms with E-state index >= 15 is 0 Å². The molecule has 0 spiro atoms. The van der Waals surface area contributed by atoms with Gasteiger partial charge in [-0.15, -0.1) is 0 Å². The molecule has 2 heteroatoms. The molecule has 1 aromatic rings. The van der Waals surface area contributed by atoms with Crippen molar-refractivity contribution in [3.05, 3.63) is 41.6 Å². The number of rotatable bonds is 4. The van der Waals surface area contributed by atoms with Crippen molar-refractivity contribution in [1.29, 1.82) is 0 Å². The van der Waals surface area contributed by atoms with E-state index in [1.807, 2.05) is 18.2 Å². The molecule has 0 aliphatic heterocycles. The lowest BCUT2D eigenvalue weighted by Crippen LogP contribution is -1.96. The van der Waals surface area contributed by atoms with Crippen molar-refractivity contribution in [3.8, 4) is 0 Å². The highest BCUT2D eigenvalue weighted by molar-refractivity contribution is 7.10. The van der Waals surface area contributed by atoms with E-state index in [0.29, 0.717) is 0 Å². The fourth-order valence-electron chi connectivity index (χ4n) is 1.07. The molecule has 0 amide bonds. The van der Waals surface area contributed by atoms with Crippen LogP contribution in [0.3, 0.4) is 0 Å². The molecule has 13 heavy (non-hydrogen) atoms. The lowest BCUT2D eigenvalue weighted by molar-refractivity contribution is 1.07. The van der Waals surface area contributed by atoms with Crippen molar-refractivity contribution in [1.82, 2.24) is 0 Å². The van der Waals surface area contributed by atoms with Gasteiger partial charge in [0.1, 0.15) is 0 Å². The Hall–Kier alpha value is -0.533. The third kappa shape index (κ3) is 4.30. The number of hydrogen-bond acceptors (Lipinski definition) is 0. The SMILES string of the molecule is CCC[Si](Cl)C=Cc1ccccc1. The van der Waals surface area contributed by atoms with Crippen LogP contribution >= 0.6 is 11.1 Å². The molecule has 0 saturated heterocycles. The molecule has 0 aliphatic rings. The summed E-state index contributed by atoms with van der Waals surface area (Å²) in [7, 11) is -0.746. The van der Waals surface area contributed by atoms with Gasteiger partial charge in [-0.05, 0) is 11.6 Å². The van der Waals surface area contributed by atoms with Crippen LogP contribution in [-0.2, 0) is 0 Å². The minimum absolute atomic E-state index is 0.746. The van der Waals surface area contributed by atoms with Gasteiger partial charge in [-0.1, -0.05) is 55.5 Å². The Bertz CT molecular complexity index is 256. The van der Waals surface area contributed by atoms with Crippen LogP contribution in [0.2, 0.25) is 6.04 Å². The molecular formula is C11H14ClSi. The fourth-order valence-corrected chi connectivity index (χ4v) is 2.85. The van der Waals surface area contributed by atoms with E-state index in [0.717, 1.165) is 6.04 Å². The molecule has 0 N–H and O–H groups in total. The molecule has 0 fully saturated rings. The van der Waals surface area contributed by atoms with Gasteiger partial charge in [-0.2, -0.15) is 11.1 Å². The topological polar surface area (TPSA) is 0 Å². The number of benzene rings is 1. The molecule has 0 bridgehead atoms. The lowest BCUT2D eigenvalue weighted by Gasteiger charge is -1.96. The molecule has 69 valence electrons. The maximum Gasteiger partial charge on any atom is 0.192 e. The summed E-state index contributed by atoms with van der Waals surface area (Å²) in [4.78, 5) is 0. The maximum atomic E-state index is 6.15. The molecule has 1 rings (SSSR count). The Labute approximate surface area is 86.6 Å². The van der Waals surface area contributed by atoms with Crippen LogP contribution in [0.1, 0.15) is 18.9 Å². The van der Waals surface area contributed by atoms with Crippen molar-refractivity contribution >= 4 is 25.3 Å². The first-order valence-electron chi connectivity index (χ1n) is 4.57. The summed E-state index contributed by atoms with van der Waals surface area (Å²) in [6.07, 6.45) is 3.30. The molecule has 1 aromatic carbocycles. The Kier molecular flexibility index (Phi) is 4.87. The van der Waals surface area contributed by atoms with Crippen LogP contribution in [0.15, 0.2) is 36.0 Å². The standard InChI is InChI=1S/C11H14ClSi/c1-2-9-13(12)10-8-11-6-4-3-5-7-11/h3-8,10H,2,9H2,1H3. The van der Waals surface area contributed by atoms with Crippen LogP contribution in [0.25, 0.3) is 6.08 Å². The molecule has 1 radical (unpaired) electrons. The molecule has 0 nitrogen and oxygen atoms in total. The zero-order valence-corrected chi connectivity index (χ0v) is 9.59. The Morgan fingerprint density at radius 2 is 2.00 bits per heavy atom. The third-order valence-corrected chi connectivity index (χ3v) is 4.20. The molecule has 0 unspecified atom stereocenters. The van der Waals surface area contributed by atoms with Gasteiger partial charge in [0.05, 0.1) is 0 Å². The second-order valence-corrected chi connectivity index (χ2v) is 6.12. The molecule has 0 saturated carbocycles. The van der Waals surface area contributed by atoms with E-state index in [9.17, 15) is 0 Å². The van der Waals surface area contributed by atoms with Crippen molar-refractivity contribution in [2.75, 3.05) is 0 Å². The molecule has 0 heterocycles. The van der Waals surface area contributed by atoms with E-state index in [1.54, 1.807) is 0 Å². The van der Waals surface area contributed by atoms with Gasteiger partial charge < -0.3 is 0 Å². The highest BCUT2D eigenvalue weighted by atomic mass is 35.6. The van der Waals surface area contributed by atoms with Crippen LogP contribution in [0, 0.1) is 0 Å². The van der Waals surface area contributed by atoms with Gasteiger partial charge in [-0.3, -0.25) is 0 Å². The minimum Gasteiger partial charge on any atom is -0.163 e. The van der Waals surface area contributed by atoms with Crippen LogP contribution in [0.5, 0.6) is 0 Å². The zero-order valence-electron chi connectivity index (χ0n) is 7.83. The summed E-state index contributed by atoms with van der Waals surface area (Å²) in [6.45, 7) is 2.17. The van der Waals surface area contributed by atoms with Gasteiger partial charge in [0.15, 0.2) is 8.11 Å². The first-order chi connectivity index (χ1) is 6.33. The van der Waals surface area contributed by atoms with E-state index in [-0.39, 0.29) is 0 Å². The Morgan fingerprint density at radius 1 is 1.31 bits per heavy atom. The van der Waals surface area contributed by atoms with Gasteiger partial charge in [-0.25, -0.2) is 0 Å². The van der Waals surface area contributed by atoms with Gasteiger partial charge in [0.25, 0.3) is 0 Å². The normalized spacial score (nSPS) is 11.3. The van der Waals surface area contributed by atoms with Crippen molar-refractivity contribution in [3.63, 3.8) is 0 Å². The predicted molar refractivity (Wildman–Crippen MR) is 62.2 cm³/mol. The zero-order chi connectivity index (χ0) is 9.52. The number of halogens is 1. The van der Waals surface area contributed by atoms with E-state index < -0.39 is 8.11 Å². The highest BCUT2D eigenvalue weighted by Crippen LogP contribution is 2.07. The van der Waals surface area contributed by atoms with E-state index in [2.05, 4.69) is 30.8 Å². The smallest absolute Gasteiger partial charge is 0.163 e. The predicted octanol–water partition coefficient (Wildman–Crippen LogP) is 3.88. The van der Waals surface area contributed by atoms with Crippen molar-refractivity contribution < 1.29 is 0 Å². The summed E-state index contributed by atoms with van der Waals surface area (Å²) in [6, 6.07) is 11.4. The molecule has 0 aliphatic carbocycles. The monoisotopic (exact) mass is 209 g/mol. The quantitative estimate of drug-likeness (QED) is 0.522. The summed E-state index contributed by atoms with van der Waals surface area (Å²) >= 11 is 6.15. The maximum absolute atomic E-state index is 6.15. The Morgan fingerprint density at radius 3 is 2.62 bits per heavy atom. The first-order valence-corrected chi connectivity index (χ1v) is 7.37. The second kappa shape index (κ2) is 6.00. The fraction of sp³-hybridized carbons (Fsp3) is 0.273. The third-order valence-electron chi connectivity index (χ3n) is 1.75. The van der Waals surface area contributed by atoms with Crippen LogP contribution in [-0.4, -0.2) is 8.11 Å². The second-order valence-electron chi connectivity index (χ2n) is 2.94. The summed E-state index contributed by atoms with van der Waals surface area (Å²) < 4.78 is 0. The Balaban J connectivity index is 2.49. The van der Waals surface area contributed by atoms with Gasteiger partial charge in [0, 0.05) is 0 Å². The average Bonchev–Trinajstić information content (AvgIpc) is 2.17. The van der Waals surface area contributed by atoms with Crippen LogP contribution in [0.4, 0.5) is 0 Å².